The van der Waals surface area contributed by atoms with Gasteiger partial charge >= 0.3 is 0 Å². The number of aromatic nitrogens is 4. The van der Waals surface area contributed by atoms with Crippen LogP contribution in [-0.4, -0.2) is 31.5 Å². The monoisotopic (exact) mass is 303 g/mol. The van der Waals surface area contributed by atoms with Crippen LogP contribution in [-0.2, 0) is 4.79 Å². The summed E-state index contributed by atoms with van der Waals surface area (Å²) in [6.45, 7) is 0. The minimum atomic E-state index is -0.339. The molecule has 6 nitrogen and oxygen atoms in total. The van der Waals surface area contributed by atoms with Crippen molar-refractivity contribution in [2.24, 2.45) is 0 Å². The first kappa shape index (κ1) is 13.5. The van der Waals surface area contributed by atoms with Gasteiger partial charge in [-0.3, -0.25) is 4.79 Å². The third-order valence-electron chi connectivity index (χ3n) is 2.62. The first-order chi connectivity index (χ1) is 10.2. The van der Waals surface area contributed by atoms with Gasteiger partial charge < -0.3 is 5.32 Å². The van der Waals surface area contributed by atoms with Crippen molar-refractivity contribution in [3.05, 3.63) is 48.5 Å². The Morgan fingerprint density at radius 1 is 1.24 bits per heavy atom. The topological polar surface area (TPSA) is 72.2 Å². The van der Waals surface area contributed by atoms with Gasteiger partial charge in [-0.15, -0.1) is 10.2 Å². The number of fused-ring (bicyclic) bond motifs is 1. The highest BCUT2D eigenvalue weighted by atomic mass is 32.2. The summed E-state index contributed by atoms with van der Waals surface area (Å²) in [5.41, 5.74) is 1.21. The predicted octanol–water partition coefficient (Wildman–Crippen LogP) is 1.99. The Kier molecular flexibility index (Phi) is 3.78. The van der Waals surface area contributed by atoms with Crippen LogP contribution in [0.25, 0.3) is 5.65 Å². The van der Waals surface area contributed by atoms with E-state index in [0.29, 0.717) is 16.4 Å². The zero-order chi connectivity index (χ0) is 14.7. The van der Waals surface area contributed by atoms with E-state index in [0.717, 1.165) is 0 Å². The average molecular weight is 303 g/mol. The van der Waals surface area contributed by atoms with Crippen molar-refractivity contribution >= 4 is 29.0 Å². The molecule has 0 spiro atoms. The molecule has 1 amide bonds. The molecule has 2 aromatic heterocycles. The summed E-state index contributed by atoms with van der Waals surface area (Å²) < 4.78 is 14.3. The lowest BCUT2D eigenvalue weighted by atomic mass is 10.3. The highest BCUT2D eigenvalue weighted by Crippen LogP contribution is 2.16. The average Bonchev–Trinajstić information content (AvgIpc) is 2.95. The molecule has 21 heavy (non-hydrogen) atoms. The number of rotatable bonds is 4. The number of hydrogen-bond donors (Lipinski definition) is 1. The number of halogens is 1. The van der Waals surface area contributed by atoms with E-state index >= 15 is 0 Å². The van der Waals surface area contributed by atoms with E-state index in [4.69, 9.17) is 0 Å². The van der Waals surface area contributed by atoms with Crippen LogP contribution in [0.1, 0.15) is 0 Å². The predicted molar refractivity (Wildman–Crippen MR) is 76.5 cm³/mol. The van der Waals surface area contributed by atoms with Gasteiger partial charge in [-0.2, -0.15) is 9.61 Å². The van der Waals surface area contributed by atoms with Crippen molar-refractivity contribution in [3.8, 4) is 0 Å². The van der Waals surface area contributed by atoms with Crippen molar-refractivity contribution in [2.75, 3.05) is 11.1 Å². The van der Waals surface area contributed by atoms with Gasteiger partial charge in [-0.1, -0.05) is 11.8 Å². The number of nitrogens with zero attached hydrogens (tertiary/aromatic N) is 4. The Morgan fingerprint density at radius 3 is 2.86 bits per heavy atom. The molecule has 0 radical (unpaired) electrons. The number of anilines is 1. The second-order valence-corrected chi connectivity index (χ2v) is 5.14. The van der Waals surface area contributed by atoms with Gasteiger partial charge in [-0.25, -0.2) is 4.39 Å². The number of nitrogens with one attached hydrogen (secondary N) is 1. The second-order valence-electron chi connectivity index (χ2n) is 4.15. The molecule has 1 aromatic carbocycles. The second kappa shape index (κ2) is 5.88. The van der Waals surface area contributed by atoms with Crippen LogP contribution in [0.15, 0.2) is 47.8 Å². The molecule has 0 aliphatic rings. The van der Waals surface area contributed by atoms with E-state index in [2.05, 4.69) is 20.6 Å². The number of carbonyl (C=O) groups is 1. The lowest BCUT2D eigenvalue weighted by Gasteiger charge is -2.04. The molecule has 0 bridgehead atoms. The van der Waals surface area contributed by atoms with Gasteiger partial charge in [0.2, 0.25) is 5.91 Å². The van der Waals surface area contributed by atoms with E-state index in [-0.39, 0.29) is 17.5 Å². The molecule has 1 N–H and O–H groups in total. The summed E-state index contributed by atoms with van der Waals surface area (Å²) in [5, 5.41) is 15.2. The van der Waals surface area contributed by atoms with Crippen molar-refractivity contribution in [1.82, 2.24) is 19.8 Å². The zero-order valence-electron chi connectivity index (χ0n) is 10.7. The normalized spacial score (nSPS) is 10.7. The molecular weight excluding hydrogens is 293 g/mol. The first-order valence-corrected chi connectivity index (χ1v) is 7.04. The van der Waals surface area contributed by atoms with E-state index in [1.54, 1.807) is 16.6 Å². The van der Waals surface area contributed by atoms with E-state index in [1.807, 2.05) is 0 Å². The van der Waals surface area contributed by atoms with Gasteiger partial charge in [-0.05, 0) is 36.4 Å². The number of hydrogen-bond acceptors (Lipinski definition) is 5. The van der Waals surface area contributed by atoms with E-state index < -0.39 is 0 Å². The van der Waals surface area contributed by atoms with Gasteiger partial charge in [0.1, 0.15) is 17.2 Å². The smallest absolute Gasteiger partial charge is 0.234 e. The number of carbonyl (C=O) groups excluding carboxylic acids is 1. The van der Waals surface area contributed by atoms with Crippen LogP contribution >= 0.6 is 11.8 Å². The molecule has 0 fully saturated rings. The Morgan fingerprint density at radius 2 is 2.05 bits per heavy atom. The number of benzene rings is 1. The minimum Gasteiger partial charge on any atom is -0.325 e. The molecule has 0 unspecified atom stereocenters. The van der Waals surface area contributed by atoms with E-state index in [1.165, 1.54) is 42.4 Å². The molecule has 3 aromatic rings. The Labute approximate surface area is 123 Å². The fraction of sp³-hybridized carbons (Fsp3) is 0.0769. The van der Waals surface area contributed by atoms with Crippen LogP contribution in [0.4, 0.5) is 10.1 Å². The Balaban J connectivity index is 1.58. The van der Waals surface area contributed by atoms with Crippen LogP contribution in [0.5, 0.6) is 0 Å². The zero-order valence-corrected chi connectivity index (χ0v) is 11.5. The highest BCUT2D eigenvalue weighted by molar-refractivity contribution is 7.99. The fourth-order valence-electron chi connectivity index (χ4n) is 1.66. The van der Waals surface area contributed by atoms with Crippen LogP contribution in [0.2, 0.25) is 0 Å². The highest BCUT2D eigenvalue weighted by Gasteiger charge is 2.06. The maximum Gasteiger partial charge on any atom is 0.234 e. The Bertz CT molecular complexity index is 774. The largest absolute Gasteiger partial charge is 0.325 e. The van der Waals surface area contributed by atoms with Crippen LogP contribution in [0.3, 0.4) is 0 Å². The summed E-state index contributed by atoms with van der Waals surface area (Å²) in [6.07, 6.45) is 1.50. The van der Waals surface area contributed by atoms with Gasteiger partial charge in [0.05, 0.1) is 5.75 Å². The molecule has 0 saturated heterocycles. The van der Waals surface area contributed by atoms with Crippen LogP contribution < -0.4 is 5.32 Å². The maximum absolute atomic E-state index is 12.8. The molecular formula is C13H10FN5OS. The lowest BCUT2D eigenvalue weighted by molar-refractivity contribution is -0.113. The molecule has 2 heterocycles. The number of amides is 1. The van der Waals surface area contributed by atoms with Crippen molar-refractivity contribution in [2.45, 2.75) is 5.03 Å². The summed E-state index contributed by atoms with van der Waals surface area (Å²) in [5.74, 6) is -0.316. The molecule has 0 atom stereocenters. The van der Waals surface area contributed by atoms with Crippen molar-refractivity contribution in [3.63, 3.8) is 0 Å². The summed E-state index contributed by atoms with van der Waals surface area (Å²) in [4.78, 5) is 11.8. The van der Waals surface area contributed by atoms with Gasteiger partial charge in [0, 0.05) is 5.69 Å². The third-order valence-corrected chi connectivity index (χ3v) is 3.54. The summed E-state index contributed by atoms with van der Waals surface area (Å²) >= 11 is 1.30. The van der Waals surface area contributed by atoms with Gasteiger partial charge in [0.25, 0.3) is 0 Å². The SMILES string of the molecule is O=C(CSc1ccc2nncn2n1)Nc1ccc(F)cc1. The third kappa shape index (κ3) is 3.34. The molecule has 0 aliphatic carbocycles. The quantitative estimate of drug-likeness (QED) is 0.746. The molecule has 8 heteroatoms. The van der Waals surface area contributed by atoms with Gasteiger partial charge in [0.15, 0.2) is 5.65 Å². The molecule has 0 aliphatic heterocycles. The molecule has 3 rings (SSSR count). The summed E-state index contributed by atoms with van der Waals surface area (Å²) in [7, 11) is 0. The Hall–Kier alpha value is -2.48. The first-order valence-electron chi connectivity index (χ1n) is 6.06. The minimum absolute atomic E-state index is 0.183. The van der Waals surface area contributed by atoms with E-state index in [9.17, 15) is 9.18 Å². The number of thioether (sulfide) groups is 1. The molecule has 0 saturated carbocycles. The standard InChI is InChI=1S/C13H10FN5OS/c14-9-1-3-10(4-2-9)16-12(20)7-21-13-6-5-11-17-15-8-19(11)18-13/h1-6,8H,7H2,(H,16,20). The van der Waals surface area contributed by atoms with Crippen molar-refractivity contribution < 1.29 is 9.18 Å². The fourth-order valence-corrected chi connectivity index (χ4v) is 2.32. The van der Waals surface area contributed by atoms with Crippen LogP contribution in [0, 0.1) is 5.82 Å². The lowest BCUT2D eigenvalue weighted by Crippen LogP contribution is -2.14. The molecule has 106 valence electrons. The summed E-state index contributed by atoms with van der Waals surface area (Å²) in [6, 6.07) is 9.17. The van der Waals surface area contributed by atoms with Crippen molar-refractivity contribution in [1.29, 1.82) is 0 Å². The maximum atomic E-state index is 12.8.